The normalized spacial score (nSPS) is 10.5. The van der Waals surface area contributed by atoms with Gasteiger partial charge in [0.15, 0.2) is 0 Å². The smallest absolute Gasteiger partial charge is 0.251 e. The van der Waals surface area contributed by atoms with Gasteiger partial charge in [0.2, 0.25) is 0 Å². The minimum absolute atomic E-state index is 0.179. The minimum atomic E-state index is -0.179. The number of rotatable bonds is 4. The maximum absolute atomic E-state index is 12.5. The second kappa shape index (κ2) is 7.30. The number of carbonyl (C=O) groups is 1. The third-order valence-corrected chi connectivity index (χ3v) is 3.89. The standard InChI is InChI=1S/C20H18BN3O/c1-13-3-5-16(6-4-13)17-7-18(9-19(21)8-17)20(25)24-12-15-10-22-14(2)23-11-15/h3-11H,12H2,1-2H3,(H,24,25). The van der Waals surface area contributed by atoms with Crippen molar-refractivity contribution in [1.82, 2.24) is 15.3 Å². The van der Waals surface area contributed by atoms with E-state index in [1.807, 2.05) is 50.2 Å². The van der Waals surface area contributed by atoms with Gasteiger partial charge >= 0.3 is 0 Å². The summed E-state index contributed by atoms with van der Waals surface area (Å²) in [7, 11) is 5.99. The summed E-state index contributed by atoms with van der Waals surface area (Å²) in [6, 6.07) is 13.5. The van der Waals surface area contributed by atoms with Crippen LogP contribution in [0, 0.1) is 13.8 Å². The first-order valence-electron chi connectivity index (χ1n) is 8.04. The lowest BCUT2D eigenvalue weighted by Crippen LogP contribution is -2.24. The van der Waals surface area contributed by atoms with Gasteiger partial charge in [-0.25, -0.2) is 9.97 Å². The van der Waals surface area contributed by atoms with Gasteiger partial charge in [-0.3, -0.25) is 4.79 Å². The van der Waals surface area contributed by atoms with Crippen LogP contribution in [0.1, 0.15) is 27.3 Å². The highest BCUT2D eigenvalue weighted by Gasteiger charge is 2.09. The molecule has 4 nitrogen and oxygen atoms in total. The molecule has 0 saturated carbocycles. The van der Waals surface area contributed by atoms with Gasteiger partial charge in [0.1, 0.15) is 13.7 Å². The van der Waals surface area contributed by atoms with Crippen molar-refractivity contribution in [3.63, 3.8) is 0 Å². The van der Waals surface area contributed by atoms with E-state index in [0.717, 1.165) is 16.7 Å². The van der Waals surface area contributed by atoms with Crippen LogP contribution in [0.5, 0.6) is 0 Å². The molecule has 0 aliphatic rings. The van der Waals surface area contributed by atoms with E-state index in [2.05, 4.69) is 15.3 Å². The predicted molar refractivity (Wildman–Crippen MR) is 99.9 cm³/mol. The number of benzene rings is 2. The Kier molecular flexibility index (Phi) is 4.94. The fourth-order valence-electron chi connectivity index (χ4n) is 2.49. The summed E-state index contributed by atoms with van der Waals surface area (Å²) >= 11 is 0. The fraction of sp³-hybridized carbons (Fsp3) is 0.150. The third-order valence-electron chi connectivity index (χ3n) is 3.89. The number of hydrogen-bond acceptors (Lipinski definition) is 3. The van der Waals surface area contributed by atoms with Crippen LogP contribution in [0.4, 0.5) is 0 Å². The molecule has 3 aromatic rings. The summed E-state index contributed by atoms with van der Waals surface area (Å²) in [6.45, 7) is 4.23. The van der Waals surface area contributed by atoms with Crippen molar-refractivity contribution < 1.29 is 4.79 Å². The monoisotopic (exact) mass is 327 g/mol. The molecule has 1 aromatic heterocycles. The molecule has 0 bridgehead atoms. The Bertz CT molecular complexity index is 890. The van der Waals surface area contributed by atoms with Gasteiger partial charge in [-0.15, -0.1) is 0 Å². The van der Waals surface area contributed by atoms with E-state index in [1.54, 1.807) is 18.5 Å². The van der Waals surface area contributed by atoms with E-state index in [4.69, 9.17) is 7.85 Å². The third kappa shape index (κ3) is 4.32. The molecule has 1 amide bonds. The molecule has 0 atom stereocenters. The van der Waals surface area contributed by atoms with E-state index in [9.17, 15) is 4.79 Å². The molecular formula is C20H18BN3O. The summed E-state index contributed by atoms with van der Waals surface area (Å²) in [4.78, 5) is 20.7. The number of hydrogen-bond donors (Lipinski definition) is 1. The lowest BCUT2D eigenvalue weighted by Gasteiger charge is -2.10. The average molecular weight is 327 g/mol. The molecule has 0 spiro atoms. The van der Waals surface area contributed by atoms with Gasteiger partial charge in [-0.1, -0.05) is 47.4 Å². The maximum Gasteiger partial charge on any atom is 0.251 e. The maximum atomic E-state index is 12.5. The number of nitrogens with one attached hydrogen (secondary N) is 1. The summed E-state index contributed by atoms with van der Waals surface area (Å²) < 4.78 is 0. The van der Waals surface area contributed by atoms with Crippen molar-refractivity contribution in [3.05, 3.63) is 77.4 Å². The highest BCUT2D eigenvalue weighted by atomic mass is 16.1. The molecule has 0 aliphatic heterocycles. The van der Waals surface area contributed by atoms with Crippen LogP contribution < -0.4 is 10.8 Å². The van der Waals surface area contributed by atoms with Crippen molar-refractivity contribution in [2.75, 3.05) is 0 Å². The van der Waals surface area contributed by atoms with Crippen LogP contribution in [-0.2, 0) is 6.54 Å². The van der Waals surface area contributed by atoms with Crippen LogP contribution in [0.15, 0.2) is 54.9 Å². The molecule has 0 aliphatic carbocycles. The van der Waals surface area contributed by atoms with E-state index >= 15 is 0 Å². The highest BCUT2D eigenvalue weighted by Crippen LogP contribution is 2.20. The number of aromatic nitrogens is 2. The Morgan fingerprint density at radius 2 is 1.68 bits per heavy atom. The van der Waals surface area contributed by atoms with E-state index in [0.29, 0.717) is 23.4 Å². The Morgan fingerprint density at radius 1 is 1.00 bits per heavy atom. The van der Waals surface area contributed by atoms with E-state index in [-0.39, 0.29) is 5.91 Å². The molecular weight excluding hydrogens is 309 g/mol. The lowest BCUT2D eigenvalue weighted by atomic mass is 9.89. The van der Waals surface area contributed by atoms with Crippen molar-refractivity contribution in [3.8, 4) is 11.1 Å². The zero-order valence-electron chi connectivity index (χ0n) is 14.3. The lowest BCUT2D eigenvalue weighted by molar-refractivity contribution is 0.0951. The summed E-state index contributed by atoms with van der Waals surface area (Å²) in [5.74, 6) is 0.523. The second-order valence-corrected chi connectivity index (χ2v) is 6.03. The average Bonchev–Trinajstić information content (AvgIpc) is 2.61. The van der Waals surface area contributed by atoms with Gasteiger partial charge in [-0.05, 0) is 31.0 Å². The topological polar surface area (TPSA) is 54.9 Å². The number of aryl methyl sites for hydroxylation is 2. The van der Waals surface area contributed by atoms with Gasteiger partial charge in [0.25, 0.3) is 5.91 Å². The first-order chi connectivity index (χ1) is 12.0. The zero-order chi connectivity index (χ0) is 17.8. The number of amides is 1. The van der Waals surface area contributed by atoms with Crippen LogP contribution in [0.3, 0.4) is 0 Å². The van der Waals surface area contributed by atoms with Crippen LogP contribution >= 0.6 is 0 Å². The van der Waals surface area contributed by atoms with Gasteiger partial charge in [0, 0.05) is 30.1 Å². The number of nitrogens with zero attached hydrogens (tertiary/aromatic N) is 2. The van der Waals surface area contributed by atoms with Gasteiger partial charge in [0.05, 0.1) is 0 Å². The molecule has 1 N–H and O–H groups in total. The zero-order valence-corrected chi connectivity index (χ0v) is 14.3. The van der Waals surface area contributed by atoms with E-state index < -0.39 is 0 Å². The molecule has 25 heavy (non-hydrogen) atoms. The van der Waals surface area contributed by atoms with Crippen LogP contribution in [0.25, 0.3) is 11.1 Å². The highest BCUT2D eigenvalue weighted by molar-refractivity contribution is 6.33. The van der Waals surface area contributed by atoms with Gasteiger partial charge < -0.3 is 5.32 Å². The second-order valence-electron chi connectivity index (χ2n) is 6.03. The number of carbonyl (C=O) groups excluding carboxylic acids is 1. The van der Waals surface area contributed by atoms with Crippen molar-refractivity contribution in [1.29, 1.82) is 0 Å². The summed E-state index contributed by atoms with van der Waals surface area (Å²) in [5, 5.41) is 2.88. The molecule has 0 saturated heterocycles. The molecule has 0 unspecified atom stereocenters. The van der Waals surface area contributed by atoms with Crippen LogP contribution in [-0.4, -0.2) is 23.7 Å². The molecule has 3 rings (SSSR count). The van der Waals surface area contributed by atoms with Crippen LogP contribution in [0.2, 0.25) is 0 Å². The first-order valence-corrected chi connectivity index (χ1v) is 8.04. The molecule has 2 aromatic carbocycles. The Morgan fingerprint density at radius 3 is 2.36 bits per heavy atom. The van der Waals surface area contributed by atoms with Gasteiger partial charge in [-0.2, -0.15) is 0 Å². The predicted octanol–water partition coefficient (Wildman–Crippen LogP) is 2.48. The molecule has 2 radical (unpaired) electrons. The quantitative estimate of drug-likeness (QED) is 0.749. The molecule has 5 heteroatoms. The molecule has 1 heterocycles. The Hall–Kier alpha value is -2.95. The molecule has 0 fully saturated rings. The Labute approximate surface area is 148 Å². The molecule has 122 valence electrons. The fourth-order valence-corrected chi connectivity index (χ4v) is 2.49. The summed E-state index contributed by atoms with van der Waals surface area (Å²) in [5.41, 5.74) is 5.07. The summed E-state index contributed by atoms with van der Waals surface area (Å²) in [6.07, 6.45) is 3.42. The largest absolute Gasteiger partial charge is 0.348 e. The van der Waals surface area contributed by atoms with E-state index in [1.165, 1.54) is 5.56 Å². The Balaban J connectivity index is 1.78. The van der Waals surface area contributed by atoms with Crippen molar-refractivity contribution >= 4 is 19.2 Å². The minimum Gasteiger partial charge on any atom is -0.348 e. The van der Waals surface area contributed by atoms with Crippen molar-refractivity contribution in [2.24, 2.45) is 0 Å². The van der Waals surface area contributed by atoms with Crippen molar-refractivity contribution in [2.45, 2.75) is 20.4 Å². The first kappa shape index (κ1) is 16.9. The SMILES string of the molecule is [B]c1cc(C(=O)NCc2cnc(C)nc2)cc(-c2ccc(C)cc2)c1.